The fourth-order valence-corrected chi connectivity index (χ4v) is 2.17. The van der Waals surface area contributed by atoms with Crippen molar-refractivity contribution in [1.29, 1.82) is 0 Å². The van der Waals surface area contributed by atoms with Crippen molar-refractivity contribution in [3.63, 3.8) is 0 Å². The van der Waals surface area contributed by atoms with E-state index in [2.05, 4.69) is 0 Å². The molecule has 0 saturated carbocycles. The van der Waals surface area contributed by atoms with Gasteiger partial charge in [0.1, 0.15) is 12.4 Å². The molecule has 0 N–H and O–H groups in total. The Balaban J connectivity index is 2.18. The molecule has 0 amide bonds. The predicted octanol–water partition coefficient (Wildman–Crippen LogP) is 4.24. The van der Waals surface area contributed by atoms with Gasteiger partial charge in [-0.15, -0.1) is 0 Å². The first-order valence-electron chi connectivity index (χ1n) is 6.97. The van der Waals surface area contributed by atoms with E-state index < -0.39 is 11.8 Å². The van der Waals surface area contributed by atoms with Crippen LogP contribution in [0.5, 0.6) is 11.5 Å². The number of halogens is 2. The summed E-state index contributed by atoms with van der Waals surface area (Å²) in [5.41, 5.74) is 0.602. The van der Waals surface area contributed by atoms with Crippen LogP contribution in [0, 0.1) is 5.82 Å². The largest absolute Gasteiger partial charge is 0.493 e. The lowest BCUT2D eigenvalue weighted by molar-refractivity contribution is 0.0526. The number of hydrogen-bond donors (Lipinski definition) is 0. The Bertz CT molecular complexity index is 683. The molecule has 0 aliphatic heterocycles. The predicted molar refractivity (Wildman–Crippen MR) is 84.7 cm³/mol. The smallest absolute Gasteiger partial charge is 0.338 e. The Morgan fingerprint density at radius 3 is 2.65 bits per heavy atom. The summed E-state index contributed by atoms with van der Waals surface area (Å²) in [6, 6.07) is 9.06. The zero-order chi connectivity index (χ0) is 16.8. The topological polar surface area (TPSA) is 44.8 Å². The first kappa shape index (κ1) is 17.1. The normalized spacial score (nSPS) is 10.3. The summed E-state index contributed by atoms with van der Waals surface area (Å²) in [5.74, 6) is -0.169. The van der Waals surface area contributed by atoms with E-state index >= 15 is 0 Å². The minimum Gasteiger partial charge on any atom is -0.493 e. The second kappa shape index (κ2) is 7.83. The van der Waals surface area contributed by atoms with Crippen LogP contribution in [0.4, 0.5) is 4.39 Å². The highest BCUT2D eigenvalue weighted by Crippen LogP contribution is 2.30. The Kier molecular flexibility index (Phi) is 5.82. The van der Waals surface area contributed by atoms with Crippen LogP contribution in [0.25, 0.3) is 0 Å². The summed E-state index contributed by atoms with van der Waals surface area (Å²) < 4.78 is 29.4. The first-order valence-corrected chi connectivity index (χ1v) is 7.35. The van der Waals surface area contributed by atoms with E-state index in [1.807, 2.05) is 0 Å². The van der Waals surface area contributed by atoms with Gasteiger partial charge in [-0.3, -0.25) is 0 Å². The van der Waals surface area contributed by atoms with Gasteiger partial charge in [0.25, 0.3) is 0 Å². The SMILES string of the molecule is CCOC(=O)c1ccc(OCc2c(F)cccc2Cl)c(OC)c1. The second-order valence-electron chi connectivity index (χ2n) is 4.57. The molecule has 0 heterocycles. The summed E-state index contributed by atoms with van der Waals surface area (Å²) in [4.78, 5) is 11.7. The van der Waals surface area contributed by atoms with Crippen molar-refractivity contribution >= 4 is 17.6 Å². The fraction of sp³-hybridized carbons (Fsp3) is 0.235. The molecule has 2 rings (SSSR count). The van der Waals surface area contributed by atoms with Crippen LogP contribution >= 0.6 is 11.6 Å². The number of hydrogen-bond acceptors (Lipinski definition) is 4. The van der Waals surface area contributed by atoms with Gasteiger partial charge in [0.2, 0.25) is 0 Å². The Morgan fingerprint density at radius 2 is 2.00 bits per heavy atom. The quantitative estimate of drug-likeness (QED) is 0.739. The average Bonchev–Trinajstić information content (AvgIpc) is 2.54. The third kappa shape index (κ3) is 4.13. The minimum absolute atomic E-state index is 0.0549. The van der Waals surface area contributed by atoms with Gasteiger partial charge < -0.3 is 14.2 Å². The van der Waals surface area contributed by atoms with E-state index in [9.17, 15) is 9.18 Å². The van der Waals surface area contributed by atoms with Crippen LogP contribution in [0.3, 0.4) is 0 Å². The summed E-state index contributed by atoms with van der Waals surface area (Å²) in [6.07, 6.45) is 0. The maximum Gasteiger partial charge on any atom is 0.338 e. The molecule has 0 aliphatic rings. The molecule has 0 aliphatic carbocycles. The van der Waals surface area contributed by atoms with Crippen LogP contribution in [0.2, 0.25) is 5.02 Å². The Morgan fingerprint density at radius 1 is 1.22 bits per heavy atom. The van der Waals surface area contributed by atoms with Crippen molar-refractivity contribution in [2.24, 2.45) is 0 Å². The molecule has 6 heteroatoms. The zero-order valence-corrected chi connectivity index (χ0v) is 13.5. The van der Waals surface area contributed by atoms with E-state index in [4.69, 9.17) is 25.8 Å². The summed E-state index contributed by atoms with van der Waals surface area (Å²) in [7, 11) is 1.45. The Labute approximate surface area is 138 Å². The standard InChI is InChI=1S/C17H16ClFO4/c1-3-22-17(20)11-7-8-15(16(9-11)21-2)23-10-12-13(18)5-4-6-14(12)19/h4-9H,3,10H2,1-2H3. The number of methoxy groups -OCH3 is 1. The third-order valence-corrected chi connectivity index (χ3v) is 3.46. The van der Waals surface area contributed by atoms with Gasteiger partial charge in [0, 0.05) is 5.56 Å². The molecule has 0 spiro atoms. The lowest BCUT2D eigenvalue weighted by Crippen LogP contribution is -2.06. The van der Waals surface area contributed by atoms with Crippen molar-refractivity contribution in [2.75, 3.05) is 13.7 Å². The number of benzene rings is 2. The molecule has 0 radical (unpaired) electrons. The van der Waals surface area contributed by atoms with Gasteiger partial charge in [0.05, 0.1) is 24.3 Å². The molecule has 0 unspecified atom stereocenters. The highest BCUT2D eigenvalue weighted by molar-refractivity contribution is 6.31. The molecule has 2 aromatic rings. The molecule has 4 nitrogen and oxygen atoms in total. The fourth-order valence-electron chi connectivity index (χ4n) is 1.95. The molecule has 0 atom stereocenters. The molecule has 0 fully saturated rings. The van der Waals surface area contributed by atoms with Crippen molar-refractivity contribution in [3.05, 3.63) is 58.4 Å². The molecule has 2 aromatic carbocycles. The zero-order valence-electron chi connectivity index (χ0n) is 12.8. The second-order valence-corrected chi connectivity index (χ2v) is 4.98. The maximum absolute atomic E-state index is 13.7. The highest BCUT2D eigenvalue weighted by Gasteiger charge is 2.13. The van der Waals surface area contributed by atoms with E-state index in [-0.39, 0.29) is 23.8 Å². The maximum atomic E-state index is 13.7. The molecular formula is C17H16ClFO4. The van der Waals surface area contributed by atoms with Gasteiger partial charge >= 0.3 is 5.97 Å². The van der Waals surface area contributed by atoms with E-state index in [0.717, 1.165) is 0 Å². The van der Waals surface area contributed by atoms with Crippen LogP contribution in [-0.4, -0.2) is 19.7 Å². The van der Waals surface area contributed by atoms with Crippen molar-refractivity contribution in [3.8, 4) is 11.5 Å². The lowest BCUT2D eigenvalue weighted by Gasteiger charge is -2.13. The summed E-state index contributed by atoms with van der Waals surface area (Å²) in [6.45, 7) is 1.95. The van der Waals surface area contributed by atoms with Gasteiger partial charge in [-0.05, 0) is 37.3 Å². The summed E-state index contributed by atoms with van der Waals surface area (Å²) in [5, 5.41) is 0.284. The number of esters is 1. The molecule has 122 valence electrons. The van der Waals surface area contributed by atoms with Crippen LogP contribution in [0.1, 0.15) is 22.8 Å². The number of ether oxygens (including phenoxy) is 3. The van der Waals surface area contributed by atoms with Gasteiger partial charge in [-0.2, -0.15) is 0 Å². The number of carbonyl (C=O) groups excluding carboxylic acids is 1. The number of carbonyl (C=O) groups is 1. The van der Waals surface area contributed by atoms with Crippen LogP contribution < -0.4 is 9.47 Å². The lowest BCUT2D eigenvalue weighted by atomic mass is 10.2. The average molecular weight is 339 g/mol. The molecular weight excluding hydrogens is 323 g/mol. The monoisotopic (exact) mass is 338 g/mol. The molecule has 0 aromatic heterocycles. The van der Waals surface area contributed by atoms with Crippen molar-refractivity contribution in [2.45, 2.75) is 13.5 Å². The molecule has 0 bridgehead atoms. The highest BCUT2D eigenvalue weighted by atomic mass is 35.5. The van der Waals surface area contributed by atoms with E-state index in [1.54, 1.807) is 25.1 Å². The van der Waals surface area contributed by atoms with Crippen molar-refractivity contribution in [1.82, 2.24) is 0 Å². The molecule has 0 saturated heterocycles. The number of rotatable bonds is 6. The van der Waals surface area contributed by atoms with Gasteiger partial charge in [0.15, 0.2) is 11.5 Å². The first-order chi connectivity index (χ1) is 11.1. The summed E-state index contributed by atoms with van der Waals surface area (Å²) >= 11 is 5.96. The van der Waals surface area contributed by atoms with E-state index in [1.165, 1.54) is 25.3 Å². The van der Waals surface area contributed by atoms with Crippen LogP contribution in [0.15, 0.2) is 36.4 Å². The minimum atomic E-state index is -0.450. The van der Waals surface area contributed by atoms with Crippen molar-refractivity contribution < 1.29 is 23.4 Å². The Hall–Kier alpha value is -2.27. The molecule has 23 heavy (non-hydrogen) atoms. The van der Waals surface area contributed by atoms with Gasteiger partial charge in [-0.1, -0.05) is 17.7 Å². The third-order valence-electron chi connectivity index (χ3n) is 3.11. The van der Waals surface area contributed by atoms with E-state index in [0.29, 0.717) is 17.1 Å². The van der Waals surface area contributed by atoms with Crippen LogP contribution in [-0.2, 0) is 11.3 Å². The van der Waals surface area contributed by atoms with Gasteiger partial charge in [-0.25, -0.2) is 9.18 Å².